The van der Waals surface area contributed by atoms with Gasteiger partial charge in [-0.15, -0.1) is 0 Å². The Morgan fingerprint density at radius 1 is 1.00 bits per heavy atom. The van der Waals surface area contributed by atoms with E-state index >= 15 is 0 Å². The minimum absolute atomic E-state index is 0.0417. The quantitative estimate of drug-likeness (QED) is 0.562. The first-order chi connectivity index (χ1) is 12.9. The van der Waals surface area contributed by atoms with E-state index in [0.29, 0.717) is 21.6 Å². The van der Waals surface area contributed by atoms with E-state index in [-0.39, 0.29) is 16.3 Å². The lowest BCUT2D eigenvalue weighted by molar-refractivity contribution is 0.421. The number of halogens is 1. The Labute approximate surface area is 158 Å². The van der Waals surface area contributed by atoms with Gasteiger partial charge in [0.15, 0.2) is 5.82 Å². The Balaban J connectivity index is 1.89. The second-order valence-electron chi connectivity index (χ2n) is 5.68. The monoisotopic (exact) mass is 401 g/mol. The number of nitrogens with zero attached hydrogens (tertiary/aromatic N) is 2. The van der Waals surface area contributed by atoms with Gasteiger partial charge < -0.3 is 9.51 Å². The maximum Gasteiger partial charge on any atom is 0.270 e. The molecule has 0 amide bonds. The molecule has 0 radical (unpaired) electrons. The van der Waals surface area contributed by atoms with E-state index in [4.69, 9.17) is 16.1 Å². The van der Waals surface area contributed by atoms with Crippen molar-refractivity contribution in [1.82, 2.24) is 10.1 Å². The Morgan fingerprint density at radius 3 is 2.48 bits per heavy atom. The summed E-state index contributed by atoms with van der Waals surface area (Å²) in [5, 5.41) is 4.84. The van der Waals surface area contributed by atoms with Crippen LogP contribution in [0.25, 0.3) is 10.9 Å². The molecular formula is C18H12ClN3O4S. The first-order valence-electron chi connectivity index (χ1n) is 7.79. The molecule has 0 unspecified atom stereocenters. The van der Waals surface area contributed by atoms with E-state index in [1.807, 2.05) is 0 Å². The summed E-state index contributed by atoms with van der Waals surface area (Å²) in [5.74, 6) is 0.110. The molecule has 0 aliphatic carbocycles. The molecule has 2 aromatic heterocycles. The smallest absolute Gasteiger partial charge is 0.270 e. The SMILES string of the molecule is O=c1ccc2cc(S(=O)(=O)N(c3ccc(Cl)cc3)c3ccon3)ccc2[nH]1. The molecule has 27 heavy (non-hydrogen) atoms. The molecule has 0 saturated heterocycles. The predicted octanol–water partition coefficient (Wildman–Crippen LogP) is 3.70. The summed E-state index contributed by atoms with van der Waals surface area (Å²) in [6.07, 6.45) is 1.29. The number of rotatable bonds is 4. The fourth-order valence-electron chi connectivity index (χ4n) is 2.68. The van der Waals surface area contributed by atoms with Gasteiger partial charge in [0.2, 0.25) is 5.56 Å². The standard InChI is InChI=1S/C18H12ClN3O4S/c19-13-2-4-14(5-3-13)22(17-9-10-26-21-17)27(24,25)15-6-7-16-12(11-15)1-8-18(23)20-16/h1-11H,(H,20,23). The van der Waals surface area contributed by atoms with Crippen molar-refractivity contribution in [3.05, 3.63) is 82.3 Å². The minimum atomic E-state index is -4.02. The van der Waals surface area contributed by atoms with Crippen LogP contribution in [-0.2, 0) is 10.0 Å². The second-order valence-corrected chi connectivity index (χ2v) is 7.90. The molecule has 9 heteroatoms. The molecule has 4 aromatic rings. The number of nitrogens with one attached hydrogen (secondary N) is 1. The molecule has 0 fully saturated rings. The highest BCUT2D eigenvalue weighted by Crippen LogP contribution is 2.32. The summed E-state index contributed by atoms with van der Waals surface area (Å²) in [7, 11) is -4.02. The molecule has 0 bridgehead atoms. The molecular weight excluding hydrogens is 390 g/mol. The lowest BCUT2D eigenvalue weighted by atomic mass is 10.2. The van der Waals surface area contributed by atoms with Crippen LogP contribution in [0.5, 0.6) is 0 Å². The van der Waals surface area contributed by atoms with Gasteiger partial charge in [-0.25, -0.2) is 12.7 Å². The van der Waals surface area contributed by atoms with Gasteiger partial charge in [0.1, 0.15) is 6.26 Å². The second kappa shape index (κ2) is 6.57. The summed E-state index contributed by atoms with van der Waals surface area (Å²) < 4.78 is 32.6. The van der Waals surface area contributed by atoms with Gasteiger partial charge in [-0.3, -0.25) is 4.79 Å². The van der Waals surface area contributed by atoms with Crippen molar-refractivity contribution in [3.8, 4) is 0 Å². The number of aromatic amines is 1. The van der Waals surface area contributed by atoms with Crippen LogP contribution in [0.3, 0.4) is 0 Å². The highest BCUT2D eigenvalue weighted by atomic mass is 35.5. The lowest BCUT2D eigenvalue weighted by Crippen LogP contribution is -2.26. The number of aromatic nitrogens is 2. The summed E-state index contributed by atoms with van der Waals surface area (Å²) in [6.45, 7) is 0. The maximum absolute atomic E-state index is 13.4. The van der Waals surface area contributed by atoms with E-state index in [2.05, 4.69) is 10.1 Å². The van der Waals surface area contributed by atoms with Gasteiger partial charge in [-0.2, -0.15) is 0 Å². The summed E-state index contributed by atoms with van der Waals surface area (Å²) >= 11 is 5.92. The van der Waals surface area contributed by atoms with Crippen molar-refractivity contribution >= 4 is 44.0 Å². The predicted molar refractivity (Wildman–Crippen MR) is 102 cm³/mol. The van der Waals surface area contributed by atoms with Crippen LogP contribution >= 0.6 is 11.6 Å². The minimum Gasteiger partial charge on any atom is -0.363 e. The number of pyridine rings is 1. The van der Waals surface area contributed by atoms with Crippen LogP contribution in [0.4, 0.5) is 11.5 Å². The van der Waals surface area contributed by atoms with Crippen molar-refractivity contribution in [2.75, 3.05) is 4.31 Å². The average Bonchev–Trinajstić information content (AvgIpc) is 3.17. The molecule has 0 aliphatic rings. The first-order valence-corrected chi connectivity index (χ1v) is 9.61. The molecule has 136 valence electrons. The molecule has 0 saturated carbocycles. The van der Waals surface area contributed by atoms with Crippen molar-refractivity contribution in [2.24, 2.45) is 0 Å². The Hall–Kier alpha value is -3.10. The fraction of sp³-hybridized carbons (Fsp3) is 0. The summed E-state index contributed by atoms with van der Waals surface area (Å²) in [6, 6.07) is 15.1. The van der Waals surface area contributed by atoms with E-state index < -0.39 is 10.0 Å². The van der Waals surface area contributed by atoms with E-state index in [0.717, 1.165) is 4.31 Å². The Bertz CT molecular complexity index is 1270. The lowest BCUT2D eigenvalue weighted by Gasteiger charge is -2.22. The highest BCUT2D eigenvalue weighted by molar-refractivity contribution is 7.93. The van der Waals surface area contributed by atoms with Crippen LogP contribution in [0.15, 0.2) is 81.1 Å². The van der Waals surface area contributed by atoms with Crippen LogP contribution in [-0.4, -0.2) is 18.6 Å². The first kappa shape index (κ1) is 17.3. The van der Waals surface area contributed by atoms with Gasteiger partial charge in [0.05, 0.1) is 10.6 Å². The molecule has 1 N–H and O–H groups in total. The van der Waals surface area contributed by atoms with Crippen molar-refractivity contribution in [3.63, 3.8) is 0 Å². The molecule has 0 atom stereocenters. The Kier molecular flexibility index (Phi) is 4.21. The molecule has 2 aromatic carbocycles. The third kappa shape index (κ3) is 3.20. The molecule has 2 heterocycles. The number of benzene rings is 2. The molecule has 7 nitrogen and oxygen atoms in total. The number of fused-ring (bicyclic) bond motifs is 1. The fourth-order valence-corrected chi connectivity index (χ4v) is 4.27. The molecule has 0 spiro atoms. The van der Waals surface area contributed by atoms with Crippen molar-refractivity contribution < 1.29 is 12.9 Å². The van der Waals surface area contributed by atoms with Gasteiger partial charge in [0.25, 0.3) is 10.0 Å². The summed E-state index contributed by atoms with van der Waals surface area (Å²) in [4.78, 5) is 14.1. The maximum atomic E-state index is 13.4. The number of H-pyrrole nitrogens is 1. The largest absolute Gasteiger partial charge is 0.363 e. The highest BCUT2D eigenvalue weighted by Gasteiger charge is 2.29. The van der Waals surface area contributed by atoms with E-state index in [1.54, 1.807) is 36.4 Å². The number of hydrogen-bond acceptors (Lipinski definition) is 5. The zero-order valence-electron chi connectivity index (χ0n) is 13.7. The van der Waals surface area contributed by atoms with Crippen molar-refractivity contribution in [2.45, 2.75) is 4.90 Å². The normalized spacial score (nSPS) is 11.6. The Morgan fingerprint density at radius 2 is 1.78 bits per heavy atom. The molecule has 4 rings (SSSR count). The van der Waals surface area contributed by atoms with E-state index in [1.165, 1.54) is 30.5 Å². The third-order valence-corrected chi connectivity index (χ3v) is 5.91. The number of hydrogen-bond donors (Lipinski definition) is 1. The van der Waals surface area contributed by atoms with Crippen molar-refractivity contribution in [1.29, 1.82) is 0 Å². The average molecular weight is 402 g/mol. The van der Waals surface area contributed by atoms with Gasteiger partial charge in [-0.1, -0.05) is 16.8 Å². The zero-order valence-corrected chi connectivity index (χ0v) is 15.2. The topological polar surface area (TPSA) is 96.3 Å². The van der Waals surface area contributed by atoms with Gasteiger partial charge in [0, 0.05) is 22.7 Å². The zero-order chi connectivity index (χ0) is 19.0. The number of sulfonamides is 1. The molecule has 0 aliphatic heterocycles. The van der Waals surface area contributed by atoms with E-state index in [9.17, 15) is 13.2 Å². The van der Waals surface area contributed by atoms with Crippen LogP contribution in [0, 0.1) is 0 Å². The third-order valence-electron chi connectivity index (χ3n) is 3.93. The van der Waals surface area contributed by atoms with Gasteiger partial charge in [-0.05, 0) is 53.9 Å². The summed E-state index contributed by atoms with van der Waals surface area (Å²) in [5.41, 5.74) is 0.638. The van der Waals surface area contributed by atoms with Gasteiger partial charge >= 0.3 is 0 Å². The van der Waals surface area contributed by atoms with Crippen LogP contribution < -0.4 is 9.86 Å². The van der Waals surface area contributed by atoms with Crippen LogP contribution in [0.2, 0.25) is 5.02 Å². The van der Waals surface area contributed by atoms with Crippen LogP contribution in [0.1, 0.15) is 0 Å². The number of anilines is 2.